The first-order valence-corrected chi connectivity index (χ1v) is 4.43. The van der Waals surface area contributed by atoms with E-state index in [1.165, 1.54) is 0 Å². The van der Waals surface area contributed by atoms with Crippen LogP contribution < -0.4 is 0 Å². The van der Waals surface area contributed by atoms with Gasteiger partial charge in [-0.1, -0.05) is 0 Å². The van der Waals surface area contributed by atoms with Crippen molar-refractivity contribution in [1.29, 1.82) is 0 Å². The Morgan fingerprint density at radius 3 is 2.77 bits per heavy atom. The molecule has 0 aliphatic rings. The highest BCUT2D eigenvalue weighted by atomic mass is 16.5. The maximum Gasteiger partial charge on any atom is 0.102 e. The molecule has 0 aromatic carbocycles. The molecule has 0 unspecified atom stereocenters. The molecule has 74 valence electrons. The molecule has 1 N–H and O–H groups in total. The zero-order valence-electron chi connectivity index (χ0n) is 8.58. The third kappa shape index (κ3) is 4.65. The van der Waals surface area contributed by atoms with Gasteiger partial charge in [-0.15, -0.1) is 0 Å². The van der Waals surface area contributed by atoms with E-state index in [0.717, 1.165) is 23.3 Å². The van der Waals surface area contributed by atoms with E-state index in [9.17, 15) is 0 Å². The van der Waals surface area contributed by atoms with Gasteiger partial charge in [-0.3, -0.25) is 0 Å². The topological polar surface area (TPSA) is 37.9 Å². The Bertz CT molecular complexity index is 226. The number of hydrogen-bond donors (Lipinski definition) is 1. The predicted octanol–water partition coefficient (Wildman–Crippen LogP) is 0.632. The molecule has 0 spiro atoms. The molecule has 0 radical (unpaired) electrons. The SMILES string of the molecule is C[N+](C)(C)CCOCc1cnc[nH]1. The number of nitrogens with zero attached hydrogens (tertiary/aromatic N) is 2. The molecule has 0 bridgehead atoms. The van der Waals surface area contributed by atoms with Crippen LogP contribution in [0.1, 0.15) is 5.69 Å². The van der Waals surface area contributed by atoms with Crippen molar-refractivity contribution in [1.82, 2.24) is 9.97 Å². The molecule has 0 atom stereocenters. The summed E-state index contributed by atoms with van der Waals surface area (Å²) < 4.78 is 6.40. The van der Waals surface area contributed by atoms with Crippen LogP contribution in [0.25, 0.3) is 0 Å². The quantitative estimate of drug-likeness (QED) is 0.538. The van der Waals surface area contributed by atoms with Crippen LogP contribution >= 0.6 is 0 Å². The van der Waals surface area contributed by atoms with E-state index < -0.39 is 0 Å². The largest absolute Gasteiger partial charge is 0.369 e. The van der Waals surface area contributed by atoms with Gasteiger partial charge in [-0.2, -0.15) is 0 Å². The second-order valence-corrected chi connectivity index (χ2v) is 4.14. The molecule has 0 aliphatic heterocycles. The number of aromatic nitrogens is 2. The van der Waals surface area contributed by atoms with Crippen LogP contribution in [0.2, 0.25) is 0 Å². The molecule has 1 rings (SSSR count). The molecule has 0 saturated carbocycles. The Morgan fingerprint density at radius 1 is 1.46 bits per heavy atom. The smallest absolute Gasteiger partial charge is 0.102 e. The highest BCUT2D eigenvalue weighted by molar-refractivity contribution is 4.91. The van der Waals surface area contributed by atoms with Crippen molar-refractivity contribution >= 4 is 0 Å². The number of aromatic amines is 1. The molecule has 0 saturated heterocycles. The van der Waals surface area contributed by atoms with Crippen molar-refractivity contribution in [3.8, 4) is 0 Å². The standard InChI is InChI=1S/C9H18N3O/c1-12(2,3)4-5-13-7-9-6-10-8-11-9/h6,8H,4-5,7H2,1-3H3,(H,10,11)/q+1. The van der Waals surface area contributed by atoms with Crippen molar-refractivity contribution in [2.45, 2.75) is 6.61 Å². The van der Waals surface area contributed by atoms with Gasteiger partial charge in [0.2, 0.25) is 0 Å². The number of H-pyrrole nitrogens is 1. The number of quaternary nitrogens is 1. The lowest BCUT2D eigenvalue weighted by molar-refractivity contribution is -0.870. The Kier molecular flexibility index (Phi) is 3.45. The van der Waals surface area contributed by atoms with E-state index >= 15 is 0 Å². The fraction of sp³-hybridized carbons (Fsp3) is 0.667. The van der Waals surface area contributed by atoms with E-state index in [1.54, 1.807) is 12.5 Å². The summed E-state index contributed by atoms with van der Waals surface area (Å²) in [6.07, 6.45) is 3.45. The molecular weight excluding hydrogens is 166 g/mol. The van der Waals surface area contributed by atoms with Crippen molar-refractivity contribution in [2.75, 3.05) is 34.3 Å². The first-order chi connectivity index (χ1) is 6.08. The second kappa shape index (κ2) is 4.39. The van der Waals surface area contributed by atoms with E-state index in [1.807, 2.05) is 0 Å². The fourth-order valence-corrected chi connectivity index (χ4v) is 0.884. The minimum atomic E-state index is 0.625. The molecule has 0 amide bonds. The van der Waals surface area contributed by atoms with Crippen LogP contribution in [0.5, 0.6) is 0 Å². The molecule has 1 heterocycles. The Morgan fingerprint density at radius 2 is 2.23 bits per heavy atom. The molecule has 4 heteroatoms. The lowest BCUT2D eigenvalue weighted by atomic mass is 10.5. The van der Waals surface area contributed by atoms with E-state index in [-0.39, 0.29) is 0 Å². The van der Waals surface area contributed by atoms with Crippen LogP contribution in [-0.2, 0) is 11.3 Å². The Labute approximate surface area is 79.1 Å². The minimum Gasteiger partial charge on any atom is -0.369 e. The van der Waals surface area contributed by atoms with Crippen LogP contribution in [0.4, 0.5) is 0 Å². The maximum atomic E-state index is 5.47. The first-order valence-electron chi connectivity index (χ1n) is 4.43. The van der Waals surface area contributed by atoms with Crippen LogP contribution in [0.3, 0.4) is 0 Å². The Hall–Kier alpha value is -0.870. The van der Waals surface area contributed by atoms with Crippen molar-refractivity contribution in [3.63, 3.8) is 0 Å². The van der Waals surface area contributed by atoms with Crippen LogP contribution in [0.15, 0.2) is 12.5 Å². The monoisotopic (exact) mass is 184 g/mol. The summed E-state index contributed by atoms with van der Waals surface area (Å²) >= 11 is 0. The lowest BCUT2D eigenvalue weighted by Gasteiger charge is -2.23. The summed E-state index contributed by atoms with van der Waals surface area (Å²) in [5, 5.41) is 0. The van der Waals surface area contributed by atoms with Crippen LogP contribution in [0, 0.1) is 0 Å². The van der Waals surface area contributed by atoms with E-state index in [4.69, 9.17) is 4.74 Å². The molecule has 1 aromatic rings. The zero-order valence-corrected chi connectivity index (χ0v) is 8.58. The second-order valence-electron chi connectivity index (χ2n) is 4.14. The van der Waals surface area contributed by atoms with Gasteiger partial charge in [0.1, 0.15) is 6.54 Å². The third-order valence-corrected chi connectivity index (χ3v) is 1.72. The molecule has 0 fully saturated rings. The number of hydrogen-bond acceptors (Lipinski definition) is 2. The molecule has 0 aliphatic carbocycles. The fourth-order valence-electron chi connectivity index (χ4n) is 0.884. The highest BCUT2D eigenvalue weighted by Crippen LogP contribution is 1.95. The number of imidazole rings is 1. The summed E-state index contributed by atoms with van der Waals surface area (Å²) in [5.41, 5.74) is 1.03. The third-order valence-electron chi connectivity index (χ3n) is 1.72. The molecule has 4 nitrogen and oxygen atoms in total. The Balaban J connectivity index is 2.09. The van der Waals surface area contributed by atoms with Crippen molar-refractivity contribution < 1.29 is 9.22 Å². The molecule has 1 aromatic heterocycles. The number of likely N-dealkylation sites (N-methyl/N-ethyl adjacent to an activating group) is 1. The highest BCUT2D eigenvalue weighted by Gasteiger charge is 2.05. The van der Waals surface area contributed by atoms with Gasteiger partial charge in [-0.25, -0.2) is 4.98 Å². The normalized spacial score (nSPS) is 11.9. The number of ether oxygens (including phenoxy) is 1. The van der Waals surface area contributed by atoms with E-state index in [2.05, 4.69) is 31.1 Å². The van der Waals surface area contributed by atoms with Crippen molar-refractivity contribution in [2.24, 2.45) is 0 Å². The molecule has 13 heavy (non-hydrogen) atoms. The zero-order chi connectivity index (χ0) is 9.73. The molecular formula is C9H18N3O+. The summed E-state index contributed by atoms with van der Waals surface area (Å²) in [4.78, 5) is 6.90. The summed E-state index contributed by atoms with van der Waals surface area (Å²) in [7, 11) is 6.46. The average molecular weight is 184 g/mol. The van der Waals surface area contributed by atoms with Crippen LogP contribution in [-0.4, -0.2) is 48.7 Å². The first kappa shape index (κ1) is 10.2. The van der Waals surface area contributed by atoms with Gasteiger partial charge in [-0.05, 0) is 0 Å². The van der Waals surface area contributed by atoms with Gasteiger partial charge in [0.05, 0.1) is 52.6 Å². The van der Waals surface area contributed by atoms with Gasteiger partial charge >= 0.3 is 0 Å². The summed E-state index contributed by atoms with van der Waals surface area (Å²) in [5.74, 6) is 0. The van der Waals surface area contributed by atoms with Gasteiger partial charge < -0.3 is 14.2 Å². The van der Waals surface area contributed by atoms with Gasteiger partial charge in [0, 0.05) is 0 Å². The average Bonchev–Trinajstić information content (AvgIpc) is 2.48. The van der Waals surface area contributed by atoms with Gasteiger partial charge in [0.25, 0.3) is 0 Å². The van der Waals surface area contributed by atoms with Crippen molar-refractivity contribution in [3.05, 3.63) is 18.2 Å². The summed E-state index contributed by atoms with van der Waals surface area (Å²) in [6.45, 7) is 2.43. The minimum absolute atomic E-state index is 0.625. The van der Waals surface area contributed by atoms with Gasteiger partial charge in [0.15, 0.2) is 0 Å². The maximum absolute atomic E-state index is 5.47. The van der Waals surface area contributed by atoms with E-state index in [0.29, 0.717) is 6.61 Å². The number of nitrogens with one attached hydrogen (secondary N) is 1. The number of rotatable bonds is 5. The predicted molar refractivity (Wildman–Crippen MR) is 51.1 cm³/mol. The summed E-state index contributed by atoms with van der Waals surface area (Å²) in [6, 6.07) is 0. The lowest BCUT2D eigenvalue weighted by Crippen LogP contribution is -2.37.